The van der Waals surface area contributed by atoms with Gasteiger partial charge >= 0.3 is 0 Å². The van der Waals surface area contributed by atoms with Gasteiger partial charge < -0.3 is 9.80 Å². The molecular weight excluding hydrogens is 544 g/mol. The Morgan fingerprint density at radius 1 is 0.556 bits per heavy atom. The minimum atomic E-state index is 0.843. The lowest BCUT2D eigenvalue weighted by molar-refractivity contribution is 1.11. The molecule has 45 heavy (non-hydrogen) atoms. The van der Waals surface area contributed by atoms with Gasteiger partial charge in [0.05, 0.1) is 17.1 Å². The molecule has 0 spiro atoms. The Kier molecular flexibility index (Phi) is 9.03. The quantitative estimate of drug-likeness (QED) is 0.190. The lowest BCUT2D eigenvalue weighted by Gasteiger charge is -2.31. The summed E-state index contributed by atoms with van der Waals surface area (Å²) in [6, 6.07) is 34.7. The number of rotatable bonds is 5. The van der Waals surface area contributed by atoms with E-state index in [0.29, 0.717) is 0 Å². The standard InChI is InChI=1S/C41H32N2.C2H6/c1-2-3-4-16-36-30-26-35-14-5-8-18-39(35)42(36)37-17-11-15-31(23-27-37)32-24-28-38(29-25-32)43-40-19-9-6-12-33(40)21-22-34-13-7-10-20-41(34)43;1-2/h2-10,12-30H,1,11H2;1-2H3/b4-3-,36-16+;. The molecule has 0 fully saturated rings. The first-order valence-electron chi connectivity index (χ1n) is 15.7. The molecule has 0 N–H and O–H groups in total. The molecule has 0 bridgehead atoms. The van der Waals surface area contributed by atoms with Gasteiger partial charge in [-0.1, -0.05) is 142 Å². The molecule has 2 nitrogen and oxygen atoms in total. The van der Waals surface area contributed by atoms with Crippen molar-refractivity contribution in [2.24, 2.45) is 0 Å². The van der Waals surface area contributed by atoms with Gasteiger partial charge in [-0.05, 0) is 82.8 Å². The van der Waals surface area contributed by atoms with Crippen molar-refractivity contribution in [2.75, 3.05) is 9.80 Å². The predicted octanol–water partition coefficient (Wildman–Crippen LogP) is 12.1. The van der Waals surface area contributed by atoms with Crippen molar-refractivity contribution in [3.63, 3.8) is 0 Å². The minimum absolute atomic E-state index is 0.843. The number of nitrogens with zero attached hydrogens (tertiary/aromatic N) is 2. The van der Waals surface area contributed by atoms with Crippen LogP contribution in [0.15, 0.2) is 170 Å². The maximum absolute atomic E-state index is 3.81. The van der Waals surface area contributed by atoms with Crippen LogP contribution in [-0.2, 0) is 0 Å². The maximum atomic E-state index is 3.81. The molecule has 0 saturated heterocycles. The predicted molar refractivity (Wildman–Crippen MR) is 197 cm³/mol. The number of benzene rings is 4. The lowest BCUT2D eigenvalue weighted by atomic mass is 10.0. The van der Waals surface area contributed by atoms with E-state index in [9.17, 15) is 0 Å². The minimum Gasteiger partial charge on any atom is -0.310 e. The molecule has 4 aromatic carbocycles. The number of fused-ring (bicyclic) bond motifs is 3. The smallest absolute Gasteiger partial charge is 0.0534 e. The average molecular weight is 583 g/mol. The Morgan fingerprint density at radius 3 is 1.71 bits per heavy atom. The highest BCUT2D eigenvalue weighted by molar-refractivity contribution is 5.93. The Hall–Kier alpha value is -5.60. The summed E-state index contributed by atoms with van der Waals surface area (Å²) in [7, 11) is 0. The van der Waals surface area contributed by atoms with Crippen LogP contribution in [0.2, 0.25) is 0 Å². The van der Waals surface area contributed by atoms with Gasteiger partial charge in [-0.25, -0.2) is 0 Å². The van der Waals surface area contributed by atoms with Crippen molar-refractivity contribution >= 4 is 46.6 Å². The van der Waals surface area contributed by atoms with Crippen LogP contribution >= 0.6 is 0 Å². The average Bonchev–Trinajstić information content (AvgIpc) is 3.45. The molecule has 3 aliphatic rings. The molecule has 7 rings (SSSR count). The number of hydrogen-bond acceptors (Lipinski definition) is 2. The van der Waals surface area contributed by atoms with Crippen LogP contribution in [0.4, 0.5) is 22.7 Å². The van der Waals surface area contributed by atoms with Crippen molar-refractivity contribution in [1.82, 2.24) is 0 Å². The first-order chi connectivity index (χ1) is 22.3. The van der Waals surface area contributed by atoms with E-state index in [1.807, 2.05) is 26.0 Å². The zero-order valence-corrected chi connectivity index (χ0v) is 26.0. The van der Waals surface area contributed by atoms with E-state index in [1.165, 1.54) is 44.9 Å². The Morgan fingerprint density at radius 2 is 1.11 bits per heavy atom. The number of anilines is 4. The highest BCUT2D eigenvalue weighted by Crippen LogP contribution is 2.42. The molecular formula is C43H38N2. The zero-order valence-electron chi connectivity index (χ0n) is 26.0. The molecule has 0 amide bonds. The number of allylic oxidation sites excluding steroid dienone is 10. The molecule has 1 aliphatic carbocycles. The Balaban J connectivity index is 0.00000175. The monoisotopic (exact) mass is 582 g/mol. The molecule has 2 heterocycles. The summed E-state index contributed by atoms with van der Waals surface area (Å²) in [6.45, 7) is 7.81. The van der Waals surface area contributed by atoms with Gasteiger partial charge in [0.15, 0.2) is 0 Å². The van der Waals surface area contributed by atoms with Crippen molar-refractivity contribution in [3.05, 3.63) is 192 Å². The van der Waals surface area contributed by atoms with Crippen molar-refractivity contribution in [2.45, 2.75) is 20.3 Å². The lowest BCUT2D eigenvalue weighted by Crippen LogP contribution is -2.22. The second-order valence-electron chi connectivity index (χ2n) is 10.6. The summed E-state index contributed by atoms with van der Waals surface area (Å²) in [6.07, 6.45) is 26.6. The first-order valence-corrected chi connectivity index (χ1v) is 15.7. The van der Waals surface area contributed by atoms with Crippen LogP contribution in [0, 0.1) is 0 Å². The van der Waals surface area contributed by atoms with Gasteiger partial charge in [0.1, 0.15) is 0 Å². The highest BCUT2D eigenvalue weighted by atomic mass is 15.2. The van der Waals surface area contributed by atoms with Crippen LogP contribution in [-0.4, -0.2) is 0 Å². The third kappa shape index (κ3) is 6.09. The summed E-state index contributed by atoms with van der Waals surface area (Å²) in [5.74, 6) is 0. The largest absolute Gasteiger partial charge is 0.310 e. The summed E-state index contributed by atoms with van der Waals surface area (Å²) < 4.78 is 0. The van der Waals surface area contributed by atoms with Crippen molar-refractivity contribution < 1.29 is 0 Å². The van der Waals surface area contributed by atoms with Crippen molar-refractivity contribution in [3.8, 4) is 0 Å². The number of hydrogen-bond donors (Lipinski definition) is 0. The summed E-state index contributed by atoms with van der Waals surface area (Å²) in [5, 5.41) is 0. The van der Waals surface area contributed by atoms with Gasteiger partial charge in [0.2, 0.25) is 0 Å². The maximum Gasteiger partial charge on any atom is 0.0534 e. The highest BCUT2D eigenvalue weighted by Gasteiger charge is 2.21. The Labute approximate surface area is 268 Å². The van der Waals surface area contributed by atoms with Crippen LogP contribution < -0.4 is 9.80 Å². The van der Waals surface area contributed by atoms with Crippen LogP contribution in [0.3, 0.4) is 0 Å². The van der Waals surface area contributed by atoms with Gasteiger partial charge in [0.25, 0.3) is 0 Å². The fourth-order valence-corrected chi connectivity index (χ4v) is 5.92. The van der Waals surface area contributed by atoms with Gasteiger partial charge in [0, 0.05) is 17.1 Å². The van der Waals surface area contributed by atoms with E-state index in [2.05, 4.69) is 168 Å². The third-order valence-corrected chi connectivity index (χ3v) is 8.00. The van der Waals surface area contributed by atoms with E-state index in [-0.39, 0.29) is 0 Å². The molecule has 0 aromatic heterocycles. The Bertz CT molecular complexity index is 1860. The molecule has 0 atom stereocenters. The van der Waals surface area contributed by atoms with Crippen molar-refractivity contribution in [1.29, 1.82) is 0 Å². The molecule has 2 aliphatic heterocycles. The summed E-state index contributed by atoms with van der Waals surface area (Å²) in [4.78, 5) is 4.70. The molecule has 4 aromatic rings. The zero-order chi connectivity index (χ0) is 31.0. The van der Waals surface area contributed by atoms with E-state index < -0.39 is 0 Å². The van der Waals surface area contributed by atoms with Gasteiger partial charge in [-0.15, -0.1) is 0 Å². The second kappa shape index (κ2) is 13.8. The van der Waals surface area contributed by atoms with Gasteiger partial charge in [-0.3, -0.25) is 0 Å². The number of para-hydroxylation sites is 3. The summed E-state index contributed by atoms with van der Waals surface area (Å²) >= 11 is 0. The first kappa shape index (κ1) is 29.5. The van der Waals surface area contributed by atoms with Crippen LogP contribution in [0.25, 0.3) is 23.8 Å². The summed E-state index contributed by atoms with van der Waals surface area (Å²) in [5.41, 5.74) is 13.0. The van der Waals surface area contributed by atoms with E-state index >= 15 is 0 Å². The molecule has 0 saturated carbocycles. The fourth-order valence-electron chi connectivity index (χ4n) is 5.92. The molecule has 220 valence electrons. The molecule has 0 radical (unpaired) electrons. The topological polar surface area (TPSA) is 6.48 Å². The van der Waals surface area contributed by atoms with Crippen LogP contribution in [0.5, 0.6) is 0 Å². The van der Waals surface area contributed by atoms with E-state index in [1.54, 1.807) is 6.08 Å². The van der Waals surface area contributed by atoms with E-state index in [4.69, 9.17) is 0 Å². The van der Waals surface area contributed by atoms with Crippen LogP contribution in [0.1, 0.15) is 42.5 Å². The third-order valence-electron chi connectivity index (χ3n) is 8.00. The fraction of sp³-hybridized carbons (Fsp3) is 0.0698. The molecule has 2 heteroatoms. The molecule has 0 unspecified atom stereocenters. The van der Waals surface area contributed by atoms with E-state index in [0.717, 1.165) is 23.5 Å². The second-order valence-corrected chi connectivity index (χ2v) is 10.6. The van der Waals surface area contributed by atoms with Gasteiger partial charge in [-0.2, -0.15) is 0 Å². The normalized spacial score (nSPS) is 15.6. The SMILES string of the molecule is C=C/C=C\C=C1/C=Cc2ccccc2N1C1=CCC=C(c2ccc(N3c4ccccc4C=Cc4ccccc43)cc2)C=C1.CC.